The number of benzene rings is 1. The Labute approximate surface area is 128 Å². The first-order chi connectivity index (χ1) is 9.65. The average Bonchev–Trinajstić information content (AvgIpc) is 2.86. The van der Waals surface area contributed by atoms with Gasteiger partial charge in [0, 0.05) is 41.4 Å². The zero-order valence-electron chi connectivity index (χ0n) is 11.8. The Morgan fingerprint density at radius 1 is 1.45 bits per heavy atom. The minimum absolute atomic E-state index is 0.129. The number of nitrogens with zero attached hydrogens (tertiary/aromatic N) is 2. The van der Waals surface area contributed by atoms with E-state index in [1.54, 1.807) is 7.11 Å². The highest BCUT2D eigenvalue weighted by atomic mass is 79.9. The van der Waals surface area contributed by atoms with Crippen LogP contribution in [0.25, 0.3) is 0 Å². The highest BCUT2D eigenvalue weighted by Gasteiger charge is 2.15. The van der Waals surface area contributed by atoms with Crippen LogP contribution in [-0.4, -0.2) is 16.7 Å². The fourth-order valence-corrected chi connectivity index (χ4v) is 2.61. The molecule has 0 spiro atoms. The van der Waals surface area contributed by atoms with Crippen molar-refractivity contribution in [3.05, 3.63) is 46.5 Å². The maximum absolute atomic E-state index is 6.33. The summed E-state index contributed by atoms with van der Waals surface area (Å²) in [6, 6.07) is 5.79. The highest BCUT2D eigenvalue weighted by Crippen LogP contribution is 2.29. The van der Waals surface area contributed by atoms with Crippen LogP contribution >= 0.6 is 15.9 Å². The molecule has 2 N–H and O–H groups in total. The predicted octanol–water partition coefficient (Wildman–Crippen LogP) is 3.31. The Morgan fingerprint density at radius 2 is 2.25 bits per heavy atom. The van der Waals surface area contributed by atoms with E-state index in [4.69, 9.17) is 10.5 Å². The number of ether oxygens (including phenoxy) is 1. The van der Waals surface area contributed by atoms with Gasteiger partial charge in [0.1, 0.15) is 11.6 Å². The fourth-order valence-electron chi connectivity index (χ4n) is 2.27. The van der Waals surface area contributed by atoms with Crippen molar-refractivity contribution in [3.63, 3.8) is 0 Å². The van der Waals surface area contributed by atoms with Gasteiger partial charge in [0.05, 0.1) is 7.11 Å². The minimum Gasteiger partial charge on any atom is -0.496 e. The molecule has 0 bridgehead atoms. The van der Waals surface area contributed by atoms with Gasteiger partial charge in [0.2, 0.25) is 0 Å². The number of methoxy groups -OCH3 is 1. The summed E-state index contributed by atoms with van der Waals surface area (Å²) in [6.45, 7) is 3.13. The van der Waals surface area contributed by atoms with Gasteiger partial charge in [0.25, 0.3) is 0 Å². The molecular weight excluding hydrogens is 318 g/mol. The molecule has 0 saturated carbocycles. The molecule has 0 saturated heterocycles. The summed E-state index contributed by atoms with van der Waals surface area (Å²) in [6.07, 6.45) is 5.62. The normalized spacial score (nSPS) is 12.4. The lowest BCUT2D eigenvalue weighted by Crippen LogP contribution is -2.17. The standard InChI is InChI=1S/C15H20BrN3O/c1-3-7-19-8-6-18-15(19)10-13(17)12-5-4-11(16)9-14(12)20-2/h4-6,8-9,13H,3,7,10,17H2,1-2H3. The summed E-state index contributed by atoms with van der Waals surface area (Å²) >= 11 is 3.44. The van der Waals surface area contributed by atoms with Crippen molar-refractivity contribution in [2.24, 2.45) is 5.73 Å². The smallest absolute Gasteiger partial charge is 0.124 e. The first kappa shape index (κ1) is 15.1. The van der Waals surface area contributed by atoms with Crippen LogP contribution < -0.4 is 10.5 Å². The number of halogens is 1. The maximum atomic E-state index is 6.33. The molecule has 0 aliphatic heterocycles. The highest BCUT2D eigenvalue weighted by molar-refractivity contribution is 9.10. The molecular formula is C15H20BrN3O. The molecule has 0 aliphatic rings. The molecule has 0 radical (unpaired) electrons. The molecule has 4 nitrogen and oxygen atoms in total. The van der Waals surface area contributed by atoms with Crippen molar-refractivity contribution in [1.29, 1.82) is 0 Å². The number of rotatable bonds is 6. The molecule has 0 amide bonds. The van der Waals surface area contributed by atoms with Crippen LogP contribution in [0, 0.1) is 0 Å². The third kappa shape index (κ3) is 3.41. The quantitative estimate of drug-likeness (QED) is 0.879. The van der Waals surface area contributed by atoms with E-state index < -0.39 is 0 Å². The number of aromatic nitrogens is 2. The number of aryl methyl sites for hydroxylation is 1. The fraction of sp³-hybridized carbons (Fsp3) is 0.400. The second-order valence-electron chi connectivity index (χ2n) is 4.73. The molecule has 1 heterocycles. The maximum Gasteiger partial charge on any atom is 0.124 e. The second kappa shape index (κ2) is 6.90. The van der Waals surface area contributed by atoms with Crippen molar-refractivity contribution < 1.29 is 4.74 Å². The lowest BCUT2D eigenvalue weighted by atomic mass is 10.0. The van der Waals surface area contributed by atoms with Gasteiger partial charge < -0.3 is 15.0 Å². The zero-order chi connectivity index (χ0) is 14.5. The van der Waals surface area contributed by atoms with Gasteiger partial charge in [-0.15, -0.1) is 0 Å². The van der Waals surface area contributed by atoms with Gasteiger partial charge in [0.15, 0.2) is 0 Å². The van der Waals surface area contributed by atoms with Crippen LogP contribution in [0.5, 0.6) is 5.75 Å². The molecule has 20 heavy (non-hydrogen) atoms. The molecule has 0 fully saturated rings. The molecule has 108 valence electrons. The van der Waals surface area contributed by atoms with Crippen LogP contribution in [-0.2, 0) is 13.0 Å². The van der Waals surface area contributed by atoms with E-state index in [1.165, 1.54) is 0 Å². The van der Waals surface area contributed by atoms with Gasteiger partial charge in [-0.3, -0.25) is 0 Å². The Balaban J connectivity index is 2.19. The van der Waals surface area contributed by atoms with E-state index in [0.717, 1.165) is 34.6 Å². The van der Waals surface area contributed by atoms with Crippen molar-refractivity contribution in [3.8, 4) is 5.75 Å². The summed E-state index contributed by atoms with van der Waals surface area (Å²) in [5, 5.41) is 0. The third-order valence-electron chi connectivity index (χ3n) is 3.26. The van der Waals surface area contributed by atoms with E-state index in [0.29, 0.717) is 6.42 Å². The molecule has 2 aromatic rings. The Hall–Kier alpha value is -1.33. The van der Waals surface area contributed by atoms with E-state index >= 15 is 0 Å². The van der Waals surface area contributed by atoms with Crippen LogP contribution in [0.15, 0.2) is 35.1 Å². The van der Waals surface area contributed by atoms with E-state index in [2.05, 4.69) is 32.4 Å². The van der Waals surface area contributed by atoms with Gasteiger partial charge in [-0.25, -0.2) is 4.98 Å². The van der Waals surface area contributed by atoms with E-state index in [1.807, 2.05) is 30.6 Å². The van der Waals surface area contributed by atoms with Gasteiger partial charge in [-0.05, 0) is 18.6 Å². The van der Waals surface area contributed by atoms with Crippen molar-refractivity contribution >= 4 is 15.9 Å². The van der Waals surface area contributed by atoms with Crippen LogP contribution in [0.4, 0.5) is 0 Å². The Kier molecular flexibility index (Phi) is 5.20. The van der Waals surface area contributed by atoms with Crippen molar-refractivity contribution in [2.45, 2.75) is 32.4 Å². The van der Waals surface area contributed by atoms with E-state index in [9.17, 15) is 0 Å². The molecule has 5 heteroatoms. The molecule has 2 rings (SSSR count). The number of nitrogens with two attached hydrogens (primary N) is 1. The summed E-state index contributed by atoms with van der Waals surface area (Å²) in [4.78, 5) is 4.41. The van der Waals surface area contributed by atoms with Crippen molar-refractivity contribution in [1.82, 2.24) is 9.55 Å². The average molecular weight is 338 g/mol. The number of hydrogen-bond donors (Lipinski definition) is 1. The molecule has 1 unspecified atom stereocenters. The van der Waals surface area contributed by atoms with Crippen LogP contribution in [0.3, 0.4) is 0 Å². The van der Waals surface area contributed by atoms with Crippen LogP contribution in [0.2, 0.25) is 0 Å². The molecule has 0 aliphatic carbocycles. The third-order valence-corrected chi connectivity index (χ3v) is 3.76. The largest absolute Gasteiger partial charge is 0.496 e. The topological polar surface area (TPSA) is 53.1 Å². The monoisotopic (exact) mass is 337 g/mol. The van der Waals surface area contributed by atoms with Gasteiger partial charge in [-0.1, -0.05) is 28.9 Å². The number of imidazole rings is 1. The first-order valence-corrected chi connectivity index (χ1v) is 7.54. The Bertz CT molecular complexity index is 568. The molecule has 1 atom stereocenters. The number of hydrogen-bond acceptors (Lipinski definition) is 3. The SMILES string of the molecule is CCCn1ccnc1CC(N)c1ccc(Br)cc1OC. The van der Waals surface area contributed by atoms with Gasteiger partial charge in [-0.2, -0.15) is 0 Å². The van der Waals surface area contributed by atoms with E-state index in [-0.39, 0.29) is 6.04 Å². The van der Waals surface area contributed by atoms with Crippen LogP contribution in [0.1, 0.15) is 30.8 Å². The van der Waals surface area contributed by atoms with Gasteiger partial charge >= 0.3 is 0 Å². The lowest BCUT2D eigenvalue weighted by molar-refractivity contribution is 0.404. The Morgan fingerprint density at radius 3 is 2.95 bits per heavy atom. The zero-order valence-corrected chi connectivity index (χ0v) is 13.4. The summed E-state index contributed by atoms with van der Waals surface area (Å²) in [5.41, 5.74) is 7.33. The molecule has 1 aromatic heterocycles. The summed E-state index contributed by atoms with van der Waals surface area (Å²) < 4.78 is 8.55. The first-order valence-electron chi connectivity index (χ1n) is 6.74. The molecule has 1 aromatic carbocycles. The predicted molar refractivity (Wildman–Crippen MR) is 83.8 cm³/mol. The summed E-state index contributed by atoms with van der Waals surface area (Å²) in [5.74, 6) is 1.82. The van der Waals surface area contributed by atoms with Crippen molar-refractivity contribution in [2.75, 3.05) is 7.11 Å². The minimum atomic E-state index is -0.129. The summed E-state index contributed by atoms with van der Waals surface area (Å²) in [7, 11) is 1.66. The second-order valence-corrected chi connectivity index (χ2v) is 5.65. The lowest BCUT2D eigenvalue weighted by Gasteiger charge is -2.16.